The number of fused-ring (bicyclic) bond motifs is 1. The molecule has 1 N–H and O–H groups in total. The molecular formula is C23H24N2O5. The van der Waals surface area contributed by atoms with Gasteiger partial charge in [0.15, 0.2) is 6.10 Å². The van der Waals surface area contributed by atoms with Gasteiger partial charge in [0, 0.05) is 18.7 Å². The summed E-state index contributed by atoms with van der Waals surface area (Å²) in [5.41, 5.74) is 1.18. The van der Waals surface area contributed by atoms with E-state index in [4.69, 9.17) is 9.47 Å². The third kappa shape index (κ3) is 4.45. The van der Waals surface area contributed by atoms with Crippen LogP contribution in [0.3, 0.4) is 0 Å². The van der Waals surface area contributed by atoms with Crippen molar-refractivity contribution in [3.63, 3.8) is 0 Å². The van der Waals surface area contributed by atoms with Crippen LogP contribution in [0.2, 0.25) is 0 Å². The van der Waals surface area contributed by atoms with Crippen LogP contribution in [-0.4, -0.2) is 41.9 Å². The number of likely N-dealkylation sites (tertiary alicyclic amines) is 1. The Kier molecular flexibility index (Phi) is 5.97. The van der Waals surface area contributed by atoms with Crippen LogP contribution in [-0.2, 0) is 19.1 Å². The molecule has 30 heavy (non-hydrogen) atoms. The van der Waals surface area contributed by atoms with Gasteiger partial charge in [-0.05, 0) is 31.4 Å². The van der Waals surface area contributed by atoms with E-state index < -0.39 is 24.1 Å². The summed E-state index contributed by atoms with van der Waals surface area (Å²) in [5, 5.41) is 2.73. The number of nitrogens with zero attached hydrogens (tertiary/aromatic N) is 1. The van der Waals surface area contributed by atoms with Crippen molar-refractivity contribution < 1.29 is 23.9 Å². The predicted molar refractivity (Wildman–Crippen MR) is 110 cm³/mol. The Bertz CT molecular complexity index is 924. The molecule has 2 atom stereocenters. The molecule has 2 aliphatic rings. The molecule has 2 amide bonds. The molecule has 0 aromatic heterocycles. The van der Waals surface area contributed by atoms with Gasteiger partial charge in [0.05, 0.1) is 12.1 Å². The monoisotopic (exact) mass is 408 g/mol. The minimum Gasteiger partial charge on any atom is -0.478 e. The largest absolute Gasteiger partial charge is 0.478 e. The number of para-hydroxylation sites is 2. The summed E-state index contributed by atoms with van der Waals surface area (Å²) in [6, 6.07) is 16.0. The molecule has 2 aromatic rings. The van der Waals surface area contributed by atoms with E-state index in [2.05, 4.69) is 5.32 Å². The van der Waals surface area contributed by atoms with Gasteiger partial charge in [-0.2, -0.15) is 0 Å². The number of piperidine rings is 1. The summed E-state index contributed by atoms with van der Waals surface area (Å²) in [6.45, 7) is 1.31. The summed E-state index contributed by atoms with van der Waals surface area (Å²) >= 11 is 0. The smallest absolute Gasteiger partial charge is 0.311 e. The number of carbonyl (C=O) groups is 3. The topological polar surface area (TPSA) is 84.9 Å². The zero-order valence-electron chi connectivity index (χ0n) is 16.6. The van der Waals surface area contributed by atoms with Crippen molar-refractivity contribution in [3.05, 3.63) is 60.2 Å². The molecule has 0 unspecified atom stereocenters. The predicted octanol–water partition coefficient (Wildman–Crippen LogP) is 3.07. The van der Waals surface area contributed by atoms with Gasteiger partial charge in [-0.25, -0.2) is 0 Å². The molecule has 2 aromatic carbocycles. The number of benzene rings is 2. The standard InChI is InChI=1S/C23H24N2O5/c26-20(15-19-22(27)24-17-11-5-6-12-18(17)29-19)30-21(16-9-3-1-4-10-16)23(28)25-13-7-2-8-14-25/h1,3-6,9-12,19,21H,2,7-8,13-15H2,(H,24,27)/t19-,21-/m0/s1. The number of amides is 2. The zero-order chi connectivity index (χ0) is 20.9. The van der Waals surface area contributed by atoms with E-state index in [0.29, 0.717) is 30.1 Å². The Balaban J connectivity index is 1.46. The summed E-state index contributed by atoms with van der Waals surface area (Å²) in [4.78, 5) is 39.8. The summed E-state index contributed by atoms with van der Waals surface area (Å²) in [7, 11) is 0. The van der Waals surface area contributed by atoms with E-state index in [0.717, 1.165) is 19.3 Å². The molecule has 1 fully saturated rings. The van der Waals surface area contributed by atoms with Crippen molar-refractivity contribution in [3.8, 4) is 5.75 Å². The first kappa shape index (κ1) is 19.9. The van der Waals surface area contributed by atoms with Crippen LogP contribution in [0, 0.1) is 0 Å². The minimum atomic E-state index is -1.03. The molecule has 7 nitrogen and oxygen atoms in total. The van der Waals surface area contributed by atoms with E-state index in [1.807, 2.05) is 6.07 Å². The minimum absolute atomic E-state index is 0.228. The van der Waals surface area contributed by atoms with Gasteiger partial charge < -0.3 is 19.7 Å². The maximum absolute atomic E-state index is 13.1. The second-order valence-corrected chi connectivity index (χ2v) is 7.46. The molecule has 156 valence electrons. The fraction of sp³-hybridized carbons (Fsp3) is 0.348. The first-order valence-electron chi connectivity index (χ1n) is 10.2. The lowest BCUT2D eigenvalue weighted by Gasteiger charge is -2.31. The van der Waals surface area contributed by atoms with Gasteiger partial charge in [0.25, 0.3) is 11.8 Å². The van der Waals surface area contributed by atoms with Crippen LogP contribution >= 0.6 is 0 Å². The van der Waals surface area contributed by atoms with Crippen LogP contribution in [0.5, 0.6) is 5.75 Å². The Morgan fingerprint density at radius 2 is 1.73 bits per heavy atom. The van der Waals surface area contributed by atoms with Gasteiger partial charge in [-0.1, -0.05) is 42.5 Å². The average Bonchev–Trinajstić information content (AvgIpc) is 2.79. The number of rotatable bonds is 5. The van der Waals surface area contributed by atoms with Crippen molar-refractivity contribution in [2.45, 2.75) is 37.9 Å². The molecule has 0 aliphatic carbocycles. The number of hydrogen-bond donors (Lipinski definition) is 1. The van der Waals surface area contributed by atoms with E-state index in [-0.39, 0.29) is 12.3 Å². The van der Waals surface area contributed by atoms with Crippen molar-refractivity contribution in [1.29, 1.82) is 0 Å². The normalized spacial score (nSPS) is 19.1. The van der Waals surface area contributed by atoms with Crippen molar-refractivity contribution in [1.82, 2.24) is 4.90 Å². The molecule has 4 rings (SSSR count). The molecule has 0 spiro atoms. The Morgan fingerprint density at radius 1 is 1.03 bits per heavy atom. The van der Waals surface area contributed by atoms with Gasteiger partial charge in [0.1, 0.15) is 5.75 Å². The molecular weight excluding hydrogens is 384 g/mol. The number of esters is 1. The zero-order valence-corrected chi connectivity index (χ0v) is 16.6. The van der Waals surface area contributed by atoms with Crippen molar-refractivity contribution in [2.75, 3.05) is 18.4 Å². The Morgan fingerprint density at radius 3 is 2.50 bits per heavy atom. The average molecular weight is 408 g/mol. The highest BCUT2D eigenvalue weighted by molar-refractivity contribution is 5.99. The van der Waals surface area contributed by atoms with E-state index >= 15 is 0 Å². The Labute approximate surface area is 175 Å². The lowest BCUT2D eigenvalue weighted by Crippen LogP contribution is -2.42. The molecule has 7 heteroatoms. The number of ether oxygens (including phenoxy) is 2. The van der Waals surface area contributed by atoms with Crippen molar-refractivity contribution >= 4 is 23.5 Å². The summed E-state index contributed by atoms with van der Waals surface area (Å²) in [6.07, 6.45) is 0.656. The lowest BCUT2D eigenvalue weighted by molar-refractivity contribution is -0.163. The SMILES string of the molecule is O=C(C[C@@H]1Oc2ccccc2NC1=O)O[C@H](C(=O)N1CCCCC1)c1ccccc1. The highest BCUT2D eigenvalue weighted by Gasteiger charge is 2.34. The third-order valence-corrected chi connectivity index (χ3v) is 5.30. The van der Waals surface area contributed by atoms with E-state index in [9.17, 15) is 14.4 Å². The second kappa shape index (κ2) is 8.98. The van der Waals surface area contributed by atoms with Crippen LogP contribution in [0.25, 0.3) is 0 Å². The first-order valence-corrected chi connectivity index (χ1v) is 10.2. The number of carbonyl (C=O) groups excluding carboxylic acids is 3. The fourth-order valence-electron chi connectivity index (χ4n) is 3.73. The third-order valence-electron chi connectivity index (χ3n) is 5.30. The van der Waals surface area contributed by atoms with Gasteiger partial charge in [-0.15, -0.1) is 0 Å². The van der Waals surface area contributed by atoms with Crippen LogP contribution < -0.4 is 10.1 Å². The van der Waals surface area contributed by atoms with Gasteiger partial charge in [0.2, 0.25) is 6.10 Å². The van der Waals surface area contributed by atoms with E-state index in [1.54, 1.807) is 53.4 Å². The molecule has 0 saturated carbocycles. The highest BCUT2D eigenvalue weighted by Crippen LogP contribution is 2.30. The summed E-state index contributed by atoms with van der Waals surface area (Å²) < 4.78 is 11.3. The highest BCUT2D eigenvalue weighted by atomic mass is 16.6. The number of anilines is 1. The van der Waals surface area contributed by atoms with Gasteiger partial charge in [-0.3, -0.25) is 14.4 Å². The first-order chi connectivity index (χ1) is 14.6. The van der Waals surface area contributed by atoms with E-state index in [1.165, 1.54) is 0 Å². The lowest BCUT2D eigenvalue weighted by atomic mass is 10.1. The van der Waals surface area contributed by atoms with Crippen LogP contribution in [0.1, 0.15) is 37.4 Å². The molecule has 2 aliphatic heterocycles. The maximum Gasteiger partial charge on any atom is 0.311 e. The van der Waals surface area contributed by atoms with Crippen LogP contribution in [0.4, 0.5) is 5.69 Å². The molecule has 0 radical (unpaired) electrons. The number of nitrogens with one attached hydrogen (secondary N) is 1. The molecule has 1 saturated heterocycles. The van der Waals surface area contributed by atoms with Crippen molar-refractivity contribution in [2.24, 2.45) is 0 Å². The summed E-state index contributed by atoms with van der Waals surface area (Å²) in [5.74, 6) is -0.800. The Hall–Kier alpha value is -3.35. The molecule has 2 heterocycles. The fourth-order valence-corrected chi connectivity index (χ4v) is 3.73. The maximum atomic E-state index is 13.1. The second-order valence-electron chi connectivity index (χ2n) is 7.46. The van der Waals surface area contributed by atoms with Crippen LogP contribution in [0.15, 0.2) is 54.6 Å². The van der Waals surface area contributed by atoms with Gasteiger partial charge >= 0.3 is 5.97 Å². The molecule has 0 bridgehead atoms. The quantitative estimate of drug-likeness (QED) is 0.769. The number of hydrogen-bond acceptors (Lipinski definition) is 5.